The molecule has 4 heteroatoms. The Balaban J connectivity index is 1.74. The molecule has 3 aromatic rings. The average Bonchev–Trinajstić information content (AvgIpc) is 2.57. The quantitative estimate of drug-likeness (QED) is 0.765. The molecule has 3 rings (SSSR count). The van der Waals surface area contributed by atoms with Crippen molar-refractivity contribution in [1.82, 2.24) is 4.98 Å². The van der Waals surface area contributed by atoms with Gasteiger partial charge in [0.25, 0.3) is 5.91 Å². The lowest BCUT2D eigenvalue weighted by Gasteiger charge is -2.07. The van der Waals surface area contributed by atoms with Crippen molar-refractivity contribution >= 4 is 23.2 Å². The molecule has 0 unspecified atom stereocenters. The van der Waals surface area contributed by atoms with Gasteiger partial charge in [-0.25, -0.2) is 0 Å². The minimum atomic E-state index is -0.151. The number of pyridine rings is 1. The summed E-state index contributed by atoms with van der Waals surface area (Å²) in [5.41, 5.74) is 3.48. The van der Waals surface area contributed by atoms with Crippen LogP contribution in [-0.4, -0.2) is 10.9 Å². The SMILES string of the molecule is O=C(Nc1ccc(-c2ccc(Cl)cc2)cc1)c1ccncc1. The Labute approximate surface area is 133 Å². The predicted molar refractivity (Wildman–Crippen MR) is 89.1 cm³/mol. The molecule has 2 aromatic carbocycles. The Morgan fingerprint density at radius 1 is 0.818 bits per heavy atom. The summed E-state index contributed by atoms with van der Waals surface area (Å²) >= 11 is 5.89. The summed E-state index contributed by atoms with van der Waals surface area (Å²) in [5.74, 6) is -0.151. The second kappa shape index (κ2) is 6.41. The number of anilines is 1. The summed E-state index contributed by atoms with van der Waals surface area (Å²) in [6.45, 7) is 0. The van der Waals surface area contributed by atoms with Crippen LogP contribution in [0.25, 0.3) is 11.1 Å². The molecule has 0 spiro atoms. The first-order chi connectivity index (χ1) is 10.7. The standard InChI is InChI=1S/C18H13ClN2O/c19-16-5-1-13(2-6-16)14-3-7-17(8-4-14)21-18(22)15-9-11-20-12-10-15/h1-12H,(H,21,22). The molecule has 1 aromatic heterocycles. The van der Waals surface area contributed by atoms with E-state index >= 15 is 0 Å². The molecule has 3 nitrogen and oxygen atoms in total. The molecule has 1 heterocycles. The van der Waals surface area contributed by atoms with Crippen LogP contribution < -0.4 is 5.32 Å². The van der Waals surface area contributed by atoms with Crippen molar-refractivity contribution in [3.63, 3.8) is 0 Å². The topological polar surface area (TPSA) is 42.0 Å². The van der Waals surface area contributed by atoms with Crippen LogP contribution in [0.1, 0.15) is 10.4 Å². The Morgan fingerprint density at radius 2 is 1.36 bits per heavy atom. The molecule has 0 aliphatic rings. The van der Waals surface area contributed by atoms with E-state index in [1.54, 1.807) is 24.5 Å². The van der Waals surface area contributed by atoms with E-state index < -0.39 is 0 Å². The zero-order valence-electron chi connectivity index (χ0n) is 11.7. The minimum Gasteiger partial charge on any atom is -0.322 e. The van der Waals surface area contributed by atoms with Crippen molar-refractivity contribution in [1.29, 1.82) is 0 Å². The number of nitrogens with one attached hydrogen (secondary N) is 1. The highest BCUT2D eigenvalue weighted by Gasteiger charge is 2.05. The maximum Gasteiger partial charge on any atom is 0.255 e. The molecule has 0 saturated carbocycles. The van der Waals surface area contributed by atoms with Crippen LogP contribution in [0.4, 0.5) is 5.69 Å². The number of halogens is 1. The number of carbonyl (C=O) groups is 1. The Hall–Kier alpha value is -2.65. The molecule has 0 fully saturated rings. The Kier molecular flexibility index (Phi) is 4.17. The predicted octanol–water partition coefficient (Wildman–Crippen LogP) is 4.65. The molecule has 0 aliphatic heterocycles. The fraction of sp³-hybridized carbons (Fsp3) is 0. The number of nitrogens with zero attached hydrogens (tertiary/aromatic N) is 1. The van der Waals surface area contributed by atoms with Crippen molar-refractivity contribution in [2.24, 2.45) is 0 Å². The number of carbonyl (C=O) groups excluding carboxylic acids is 1. The zero-order chi connectivity index (χ0) is 15.4. The van der Waals surface area contributed by atoms with Gasteiger partial charge in [-0.05, 0) is 47.5 Å². The number of amides is 1. The summed E-state index contributed by atoms with van der Waals surface area (Å²) in [7, 11) is 0. The normalized spacial score (nSPS) is 10.2. The first-order valence-corrected chi connectivity index (χ1v) is 7.17. The molecule has 1 N–H and O–H groups in total. The monoisotopic (exact) mass is 308 g/mol. The lowest BCUT2D eigenvalue weighted by molar-refractivity contribution is 0.102. The fourth-order valence-corrected chi connectivity index (χ4v) is 2.22. The molecular formula is C18H13ClN2O. The highest BCUT2D eigenvalue weighted by molar-refractivity contribution is 6.30. The molecule has 0 radical (unpaired) electrons. The van der Waals surface area contributed by atoms with Gasteiger partial charge >= 0.3 is 0 Å². The van der Waals surface area contributed by atoms with Gasteiger partial charge in [-0.2, -0.15) is 0 Å². The van der Waals surface area contributed by atoms with Crippen molar-refractivity contribution in [3.8, 4) is 11.1 Å². The van der Waals surface area contributed by atoms with E-state index in [0.717, 1.165) is 16.8 Å². The first-order valence-electron chi connectivity index (χ1n) is 6.80. The summed E-state index contributed by atoms with van der Waals surface area (Å²) in [6.07, 6.45) is 3.19. The largest absolute Gasteiger partial charge is 0.322 e. The van der Waals surface area contributed by atoms with E-state index in [0.29, 0.717) is 10.6 Å². The van der Waals surface area contributed by atoms with Crippen molar-refractivity contribution < 1.29 is 4.79 Å². The highest BCUT2D eigenvalue weighted by Crippen LogP contribution is 2.23. The van der Waals surface area contributed by atoms with E-state index in [1.807, 2.05) is 48.5 Å². The maximum absolute atomic E-state index is 12.1. The Morgan fingerprint density at radius 3 is 1.95 bits per heavy atom. The number of aromatic nitrogens is 1. The lowest BCUT2D eigenvalue weighted by Crippen LogP contribution is -2.11. The van der Waals surface area contributed by atoms with Crippen molar-refractivity contribution in [3.05, 3.63) is 83.6 Å². The lowest BCUT2D eigenvalue weighted by atomic mass is 10.1. The molecule has 108 valence electrons. The minimum absolute atomic E-state index is 0.151. The molecule has 1 amide bonds. The summed E-state index contributed by atoms with van der Waals surface area (Å²) in [6, 6.07) is 18.7. The van der Waals surface area contributed by atoms with Crippen molar-refractivity contribution in [2.45, 2.75) is 0 Å². The van der Waals surface area contributed by atoms with Gasteiger partial charge in [0.15, 0.2) is 0 Å². The third kappa shape index (κ3) is 3.32. The molecule has 22 heavy (non-hydrogen) atoms. The summed E-state index contributed by atoms with van der Waals surface area (Å²) < 4.78 is 0. The third-order valence-corrected chi connectivity index (χ3v) is 3.51. The highest BCUT2D eigenvalue weighted by atomic mass is 35.5. The fourth-order valence-electron chi connectivity index (χ4n) is 2.09. The number of hydrogen-bond acceptors (Lipinski definition) is 2. The molecule has 0 aliphatic carbocycles. The van der Waals surface area contributed by atoms with Crippen molar-refractivity contribution in [2.75, 3.05) is 5.32 Å². The van der Waals surface area contributed by atoms with Crippen LogP contribution in [0.5, 0.6) is 0 Å². The van der Waals surface area contributed by atoms with Gasteiger partial charge in [-0.3, -0.25) is 9.78 Å². The smallest absolute Gasteiger partial charge is 0.255 e. The van der Waals surface area contributed by atoms with Crippen LogP contribution in [-0.2, 0) is 0 Å². The third-order valence-electron chi connectivity index (χ3n) is 3.26. The summed E-state index contributed by atoms with van der Waals surface area (Å²) in [5, 5.41) is 3.57. The van der Waals surface area contributed by atoms with Gasteiger partial charge in [0, 0.05) is 28.7 Å². The molecule has 0 saturated heterocycles. The molecule has 0 atom stereocenters. The second-order valence-corrected chi connectivity index (χ2v) is 5.21. The van der Waals surface area contributed by atoms with Gasteiger partial charge in [0.05, 0.1) is 0 Å². The van der Waals surface area contributed by atoms with Crippen LogP contribution in [0.15, 0.2) is 73.1 Å². The van der Waals surface area contributed by atoms with Crippen LogP contribution >= 0.6 is 11.6 Å². The number of rotatable bonds is 3. The average molecular weight is 309 g/mol. The first kappa shape index (κ1) is 14.3. The van der Waals surface area contributed by atoms with Gasteiger partial charge in [-0.1, -0.05) is 35.9 Å². The number of benzene rings is 2. The van der Waals surface area contributed by atoms with E-state index in [1.165, 1.54) is 0 Å². The van der Waals surface area contributed by atoms with Gasteiger partial charge in [-0.15, -0.1) is 0 Å². The number of hydrogen-bond donors (Lipinski definition) is 1. The van der Waals surface area contributed by atoms with Gasteiger partial charge < -0.3 is 5.32 Å². The van der Waals surface area contributed by atoms with E-state index in [-0.39, 0.29) is 5.91 Å². The van der Waals surface area contributed by atoms with E-state index in [2.05, 4.69) is 10.3 Å². The maximum atomic E-state index is 12.1. The second-order valence-electron chi connectivity index (χ2n) is 4.77. The van der Waals surface area contributed by atoms with Gasteiger partial charge in [0.2, 0.25) is 0 Å². The molecular weight excluding hydrogens is 296 g/mol. The van der Waals surface area contributed by atoms with E-state index in [9.17, 15) is 4.79 Å². The van der Waals surface area contributed by atoms with E-state index in [4.69, 9.17) is 11.6 Å². The Bertz CT molecular complexity index is 768. The summed E-state index contributed by atoms with van der Waals surface area (Å²) in [4.78, 5) is 15.9. The van der Waals surface area contributed by atoms with Gasteiger partial charge in [0.1, 0.15) is 0 Å². The molecule has 0 bridgehead atoms. The van der Waals surface area contributed by atoms with Crippen LogP contribution in [0.2, 0.25) is 5.02 Å². The zero-order valence-corrected chi connectivity index (χ0v) is 12.4. The van der Waals surface area contributed by atoms with Crippen LogP contribution in [0, 0.1) is 0 Å². The van der Waals surface area contributed by atoms with Crippen LogP contribution in [0.3, 0.4) is 0 Å².